The average molecular weight is 525 g/mol. The number of hydrogen-bond acceptors (Lipinski definition) is 7. The zero-order valence-electron chi connectivity index (χ0n) is 18.9. The van der Waals surface area contributed by atoms with Gasteiger partial charge < -0.3 is 20.4 Å². The van der Waals surface area contributed by atoms with E-state index in [-0.39, 0.29) is 42.8 Å². The van der Waals surface area contributed by atoms with Crippen molar-refractivity contribution in [3.8, 4) is 5.82 Å². The topological polar surface area (TPSA) is 121 Å². The van der Waals surface area contributed by atoms with Crippen molar-refractivity contribution in [3.63, 3.8) is 0 Å². The molecule has 0 bridgehead atoms. The summed E-state index contributed by atoms with van der Waals surface area (Å²) in [5.41, 5.74) is -1.89. The van der Waals surface area contributed by atoms with Gasteiger partial charge in [-0.25, -0.2) is 18.7 Å². The van der Waals surface area contributed by atoms with Crippen LogP contribution in [0.3, 0.4) is 0 Å². The van der Waals surface area contributed by atoms with Crippen molar-refractivity contribution < 1.29 is 37.0 Å². The summed E-state index contributed by atoms with van der Waals surface area (Å²) in [5.74, 6) is -4.68. The Bertz CT molecular complexity index is 1430. The molecule has 1 aliphatic heterocycles. The number of aliphatic hydroxyl groups is 2. The molecule has 1 saturated carbocycles. The molecular weight excluding hydrogens is 505 g/mol. The summed E-state index contributed by atoms with van der Waals surface area (Å²) in [4.78, 5) is 35.6. The van der Waals surface area contributed by atoms with E-state index in [9.17, 15) is 41.8 Å². The minimum atomic E-state index is -4.74. The minimum Gasteiger partial charge on any atom is -0.389 e. The van der Waals surface area contributed by atoms with Crippen molar-refractivity contribution in [1.29, 1.82) is 0 Å². The third kappa shape index (κ3) is 4.73. The fourth-order valence-corrected chi connectivity index (χ4v) is 4.35. The van der Waals surface area contributed by atoms with Gasteiger partial charge in [0.25, 0.3) is 5.91 Å². The van der Waals surface area contributed by atoms with Crippen molar-refractivity contribution in [1.82, 2.24) is 19.9 Å². The lowest BCUT2D eigenvalue weighted by molar-refractivity contribution is -0.158. The Kier molecular flexibility index (Phi) is 6.10. The number of fused-ring (bicyclic) bond motifs is 1. The highest BCUT2D eigenvalue weighted by molar-refractivity contribution is 5.97. The van der Waals surface area contributed by atoms with Crippen molar-refractivity contribution in [2.24, 2.45) is 5.92 Å². The van der Waals surface area contributed by atoms with E-state index in [1.165, 1.54) is 17.0 Å². The predicted molar refractivity (Wildman–Crippen MR) is 119 cm³/mol. The monoisotopic (exact) mass is 525 g/mol. The molecule has 1 amide bonds. The van der Waals surface area contributed by atoms with Crippen LogP contribution in [0, 0.1) is 17.6 Å². The summed E-state index contributed by atoms with van der Waals surface area (Å²) in [6.45, 7) is 0.0150. The van der Waals surface area contributed by atoms with Gasteiger partial charge in [0.15, 0.2) is 17.3 Å². The average Bonchev–Trinajstić information content (AvgIpc) is 3.61. The molecule has 37 heavy (non-hydrogen) atoms. The number of anilines is 1. The summed E-state index contributed by atoms with van der Waals surface area (Å²) in [6, 6.07) is 0.958. The lowest BCUT2D eigenvalue weighted by atomic mass is 10.1. The van der Waals surface area contributed by atoms with Crippen molar-refractivity contribution >= 4 is 22.8 Å². The number of aromatic nitrogens is 3. The van der Waals surface area contributed by atoms with Gasteiger partial charge in [-0.3, -0.25) is 14.2 Å². The van der Waals surface area contributed by atoms with E-state index in [0.29, 0.717) is 12.3 Å². The first kappa shape index (κ1) is 25.0. The Labute approximate surface area is 205 Å². The number of aliphatic hydroxyl groups excluding tert-OH is 2. The quantitative estimate of drug-likeness (QED) is 0.434. The fourth-order valence-electron chi connectivity index (χ4n) is 4.35. The molecule has 0 aromatic carbocycles. The molecule has 3 aromatic heterocycles. The summed E-state index contributed by atoms with van der Waals surface area (Å²) >= 11 is 0. The number of rotatable bonds is 5. The Balaban J connectivity index is 1.65. The van der Waals surface area contributed by atoms with Crippen LogP contribution in [0.15, 0.2) is 35.4 Å². The molecule has 0 spiro atoms. The number of nitrogens with one attached hydrogen (secondary N) is 1. The van der Waals surface area contributed by atoms with Crippen LogP contribution in [0.25, 0.3) is 16.9 Å². The van der Waals surface area contributed by atoms with Crippen LogP contribution in [0.4, 0.5) is 27.8 Å². The van der Waals surface area contributed by atoms with Gasteiger partial charge in [0.2, 0.25) is 5.43 Å². The number of hydrogen-bond donors (Lipinski definition) is 3. The maximum Gasteiger partial charge on any atom is 0.408 e. The highest BCUT2D eigenvalue weighted by Crippen LogP contribution is 2.40. The summed E-state index contributed by atoms with van der Waals surface area (Å²) in [5, 5.41) is 21.3. The number of carbonyl (C=O) groups excluding carboxylic acids is 1. The number of amides is 1. The molecule has 1 unspecified atom stereocenters. The maximum absolute atomic E-state index is 14.7. The van der Waals surface area contributed by atoms with E-state index < -0.39 is 64.7 Å². The van der Waals surface area contributed by atoms with Gasteiger partial charge in [0.05, 0.1) is 23.8 Å². The van der Waals surface area contributed by atoms with Crippen LogP contribution >= 0.6 is 0 Å². The van der Waals surface area contributed by atoms with Crippen LogP contribution in [0.2, 0.25) is 0 Å². The van der Waals surface area contributed by atoms with E-state index in [0.717, 1.165) is 10.8 Å². The van der Waals surface area contributed by atoms with Gasteiger partial charge in [0.1, 0.15) is 23.2 Å². The summed E-state index contributed by atoms with van der Waals surface area (Å²) in [7, 11) is 0. The Morgan fingerprint density at radius 2 is 1.81 bits per heavy atom. The Hall–Kier alpha value is -3.65. The predicted octanol–water partition coefficient (Wildman–Crippen LogP) is 1.67. The number of halogens is 5. The summed E-state index contributed by atoms with van der Waals surface area (Å²) in [6.07, 6.45) is -4.82. The molecule has 4 heterocycles. The second-order valence-corrected chi connectivity index (χ2v) is 9.11. The smallest absolute Gasteiger partial charge is 0.389 e. The number of carbonyl (C=O) groups is 1. The normalized spacial score (nSPS) is 20.9. The lowest BCUT2D eigenvalue weighted by Gasteiger charge is -2.22. The van der Waals surface area contributed by atoms with Gasteiger partial charge in [-0.2, -0.15) is 13.2 Å². The van der Waals surface area contributed by atoms with Crippen LogP contribution in [-0.4, -0.2) is 68.2 Å². The molecule has 1 aliphatic carbocycles. The van der Waals surface area contributed by atoms with Gasteiger partial charge in [0, 0.05) is 25.4 Å². The number of alkyl halides is 3. The third-order valence-electron chi connectivity index (χ3n) is 6.41. The minimum absolute atomic E-state index is 0.00749. The molecule has 14 heteroatoms. The van der Waals surface area contributed by atoms with Gasteiger partial charge in [-0.15, -0.1) is 0 Å². The Morgan fingerprint density at radius 1 is 1.14 bits per heavy atom. The second-order valence-electron chi connectivity index (χ2n) is 9.11. The zero-order chi connectivity index (χ0) is 26.6. The van der Waals surface area contributed by atoms with Crippen LogP contribution in [-0.2, 0) is 0 Å². The van der Waals surface area contributed by atoms with E-state index in [4.69, 9.17) is 0 Å². The Morgan fingerprint density at radius 3 is 2.41 bits per heavy atom. The SMILES string of the molecule is O=C(NC(C1CC1)C(F)(F)F)c1cn(-c2ncc(F)cc2F)c2nc(N3C[C@H](O)[C@@H](O)C3)ccc2c1=O. The standard InChI is InChI=1S/C23H20F5N5O4/c24-11-5-14(25)21(29-6-11)33-7-13(22(37)31-19(10-1-2-10)23(26,27)28)18(36)12-3-4-17(30-20(12)33)32-8-15(34)16(35)9-32/h3-7,10,15-16,19,34-35H,1-2,8-9H2,(H,31,37)/t15-,16-,19?/m0/s1. The first-order valence-electron chi connectivity index (χ1n) is 11.3. The van der Waals surface area contributed by atoms with E-state index in [2.05, 4.69) is 9.97 Å². The van der Waals surface area contributed by atoms with E-state index in [1.807, 2.05) is 5.32 Å². The lowest BCUT2D eigenvalue weighted by Crippen LogP contribution is -2.48. The zero-order valence-corrected chi connectivity index (χ0v) is 18.9. The largest absolute Gasteiger partial charge is 0.408 e. The third-order valence-corrected chi connectivity index (χ3v) is 6.41. The highest BCUT2D eigenvalue weighted by atomic mass is 19.4. The molecule has 5 rings (SSSR count). The number of nitrogens with zero attached hydrogens (tertiary/aromatic N) is 4. The first-order chi connectivity index (χ1) is 17.4. The molecule has 2 aliphatic rings. The van der Waals surface area contributed by atoms with Gasteiger partial charge in [-0.05, 0) is 30.9 Å². The van der Waals surface area contributed by atoms with Gasteiger partial charge >= 0.3 is 6.18 Å². The molecule has 3 aromatic rings. The van der Waals surface area contributed by atoms with E-state index >= 15 is 0 Å². The van der Waals surface area contributed by atoms with Crippen molar-refractivity contribution in [2.45, 2.75) is 37.3 Å². The fraction of sp³-hybridized carbons (Fsp3) is 0.391. The highest BCUT2D eigenvalue weighted by Gasteiger charge is 2.50. The number of β-amino-alcohol motifs (C(OH)–C–C–N with tert-alkyl or cyclic N) is 2. The van der Waals surface area contributed by atoms with Crippen LogP contribution in [0.1, 0.15) is 23.2 Å². The molecule has 3 atom stereocenters. The van der Waals surface area contributed by atoms with Crippen LogP contribution in [0.5, 0.6) is 0 Å². The molecule has 0 radical (unpaired) electrons. The number of pyridine rings is 3. The van der Waals surface area contributed by atoms with Crippen molar-refractivity contribution in [3.05, 3.63) is 58.0 Å². The first-order valence-corrected chi connectivity index (χ1v) is 11.3. The summed E-state index contributed by atoms with van der Waals surface area (Å²) < 4.78 is 69.6. The second kappa shape index (κ2) is 9.03. The van der Waals surface area contributed by atoms with Crippen molar-refractivity contribution in [2.75, 3.05) is 18.0 Å². The molecule has 2 fully saturated rings. The van der Waals surface area contributed by atoms with E-state index in [1.54, 1.807) is 0 Å². The molecular formula is C23H20F5N5O4. The molecule has 3 N–H and O–H groups in total. The molecule has 9 nitrogen and oxygen atoms in total. The van der Waals surface area contributed by atoms with Gasteiger partial charge in [-0.1, -0.05) is 0 Å². The molecule has 196 valence electrons. The molecule has 1 saturated heterocycles. The van der Waals surface area contributed by atoms with Crippen LogP contribution < -0.4 is 15.6 Å². The maximum atomic E-state index is 14.7.